The maximum Gasteiger partial charge on any atom is 0.224 e. The molecule has 1 N–H and O–H groups in total. The molecule has 0 saturated carbocycles. The molecule has 2 aromatic rings. The lowest BCUT2D eigenvalue weighted by Gasteiger charge is -2.12. The van der Waals surface area contributed by atoms with E-state index in [9.17, 15) is 4.79 Å². The Morgan fingerprint density at radius 2 is 1.88 bits per heavy atom. The Hall–Kier alpha value is -3.00. The summed E-state index contributed by atoms with van der Waals surface area (Å²) in [6.45, 7) is 0. The van der Waals surface area contributed by atoms with E-state index in [4.69, 9.17) is 14.7 Å². The van der Waals surface area contributed by atoms with E-state index in [1.165, 1.54) is 0 Å². The van der Waals surface area contributed by atoms with Gasteiger partial charge >= 0.3 is 0 Å². The van der Waals surface area contributed by atoms with Gasteiger partial charge < -0.3 is 14.8 Å². The SMILES string of the molecule is COc1cccc(CCC(=O)Nc2ccc(CC#N)cc2)c1OC. The molecule has 0 aromatic heterocycles. The average Bonchev–Trinajstić information content (AvgIpc) is 2.61. The largest absolute Gasteiger partial charge is 0.493 e. The van der Waals surface area contributed by atoms with Crippen molar-refractivity contribution in [1.29, 1.82) is 5.26 Å². The number of nitriles is 1. The first kappa shape index (κ1) is 17.4. The number of hydrogen-bond acceptors (Lipinski definition) is 4. The molecule has 24 heavy (non-hydrogen) atoms. The van der Waals surface area contributed by atoms with Gasteiger partial charge in [-0.05, 0) is 35.7 Å². The molecule has 0 atom stereocenters. The number of nitrogens with one attached hydrogen (secondary N) is 1. The normalized spacial score (nSPS) is 9.88. The topological polar surface area (TPSA) is 71.3 Å². The Kier molecular flexibility index (Phi) is 6.21. The first-order valence-electron chi connectivity index (χ1n) is 7.63. The Labute approximate surface area is 141 Å². The fourth-order valence-corrected chi connectivity index (χ4v) is 2.42. The summed E-state index contributed by atoms with van der Waals surface area (Å²) in [7, 11) is 3.18. The van der Waals surface area contributed by atoms with Crippen LogP contribution in [0.5, 0.6) is 11.5 Å². The van der Waals surface area contributed by atoms with Crippen LogP contribution in [0, 0.1) is 11.3 Å². The second-order valence-electron chi connectivity index (χ2n) is 5.23. The molecule has 0 bridgehead atoms. The number of carbonyl (C=O) groups is 1. The van der Waals surface area contributed by atoms with Crippen LogP contribution in [0.3, 0.4) is 0 Å². The van der Waals surface area contributed by atoms with Crippen molar-refractivity contribution in [2.45, 2.75) is 19.3 Å². The smallest absolute Gasteiger partial charge is 0.224 e. The molecule has 5 nitrogen and oxygen atoms in total. The quantitative estimate of drug-likeness (QED) is 0.848. The minimum absolute atomic E-state index is 0.0760. The minimum atomic E-state index is -0.0760. The van der Waals surface area contributed by atoms with Crippen molar-refractivity contribution in [3.63, 3.8) is 0 Å². The van der Waals surface area contributed by atoms with Crippen LogP contribution in [-0.2, 0) is 17.6 Å². The number of anilines is 1. The summed E-state index contributed by atoms with van der Waals surface area (Å²) < 4.78 is 10.6. The van der Waals surface area contributed by atoms with E-state index in [1.54, 1.807) is 26.4 Å². The number of methoxy groups -OCH3 is 2. The molecule has 0 aliphatic carbocycles. The molecule has 0 saturated heterocycles. The fraction of sp³-hybridized carbons (Fsp3) is 0.263. The second kappa shape index (κ2) is 8.59. The van der Waals surface area contributed by atoms with Crippen LogP contribution in [0.4, 0.5) is 5.69 Å². The van der Waals surface area contributed by atoms with Gasteiger partial charge in [-0.2, -0.15) is 5.26 Å². The molecule has 5 heteroatoms. The van der Waals surface area contributed by atoms with Gasteiger partial charge in [0.25, 0.3) is 0 Å². The van der Waals surface area contributed by atoms with E-state index in [0.29, 0.717) is 30.8 Å². The third-order valence-corrected chi connectivity index (χ3v) is 3.63. The standard InChI is InChI=1S/C19H20N2O3/c1-23-17-5-3-4-15(19(17)24-2)8-11-18(22)21-16-9-6-14(7-10-16)12-13-20/h3-7,9-10H,8,11-12H2,1-2H3,(H,21,22). The van der Waals surface area contributed by atoms with Crippen LogP contribution >= 0.6 is 0 Å². The van der Waals surface area contributed by atoms with Crippen molar-refractivity contribution >= 4 is 11.6 Å². The van der Waals surface area contributed by atoms with Gasteiger partial charge in [-0.15, -0.1) is 0 Å². The van der Waals surface area contributed by atoms with Crippen LogP contribution in [0.25, 0.3) is 0 Å². The summed E-state index contributed by atoms with van der Waals surface area (Å²) in [6.07, 6.45) is 1.26. The van der Waals surface area contributed by atoms with E-state index in [-0.39, 0.29) is 5.91 Å². The number of rotatable bonds is 7. The molecule has 0 heterocycles. The molecule has 0 spiro atoms. The first-order chi connectivity index (χ1) is 11.7. The number of para-hydroxylation sites is 1. The van der Waals surface area contributed by atoms with Crippen LogP contribution in [0.15, 0.2) is 42.5 Å². The maximum atomic E-state index is 12.1. The molecule has 2 aromatic carbocycles. The number of nitrogens with zero attached hydrogens (tertiary/aromatic N) is 1. The van der Waals surface area contributed by atoms with Crippen molar-refractivity contribution in [3.8, 4) is 17.6 Å². The van der Waals surface area contributed by atoms with E-state index in [2.05, 4.69) is 11.4 Å². The highest BCUT2D eigenvalue weighted by Crippen LogP contribution is 2.31. The number of carbonyl (C=O) groups excluding carboxylic acids is 1. The highest BCUT2D eigenvalue weighted by atomic mass is 16.5. The zero-order valence-electron chi connectivity index (χ0n) is 13.8. The second-order valence-corrected chi connectivity index (χ2v) is 5.23. The Morgan fingerprint density at radius 1 is 1.12 bits per heavy atom. The van der Waals surface area contributed by atoms with Gasteiger partial charge in [-0.3, -0.25) is 4.79 Å². The summed E-state index contributed by atoms with van der Waals surface area (Å²) >= 11 is 0. The van der Waals surface area contributed by atoms with Gasteiger partial charge in [-0.25, -0.2) is 0 Å². The average molecular weight is 324 g/mol. The fourth-order valence-electron chi connectivity index (χ4n) is 2.42. The van der Waals surface area contributed by atoms with Crippen LogP contribution in [0.2, 0.25) is 0 Å². The third kappa shape index (κ3) is 4.50. The molecule has 0 aliphatic rings. The van der Waals surface area contributed by atoms with Crippen molar-refractivity contribution < 1.29 is 14.3 Å². The lowest BCUT2D eigenvalue weighted by atomic mass is 10.1. The highest BCUT2D eigenvalue weighted by molar-refractivity contribution is 5.90. The van der Waals surface area contributed by atoms with E-state index >= 15 is 0 Å². The molecule has 2 rings (SSSR count). The predicted octanol–water partition coefficient (Wildman–Crippen LogP) is 3.34. The van der Waals surface area contributed by atoms with Crippen molar-refractivity contribution in [3.05, 3.63) is 53.6 Å². The first-order valence-corrected chi connectivity index (χ1v) is 7.63. The van der Waals surface area contributed by atoms with E-state index in [0.717, 1.165) is 16.8 Å². The van der Waals surface area contributed by atoms with Crippen LogP contribution < -0.4 is 14.8 Å². The molecule has 124 valence electrons. The van der Waals surface area contributed by atoms with E-state index in [1.807, 2.05) is 30.3 Å². The van der Waals surface area contributed by atoms with Crippen molar-refractivity contribution in [1.82, 2.24) is 0 Å². The highest BCUT2D eigenvalue weighted by Gasteiger charge is 2.11. The van der Waals surface area contributed by atoms with Gasteiger partial charge in [0.15, 0.2) is 11.5 Å². The Balaban J connectivity index is 1.95. The van der Waals surface area contributed by atoms with E-state index < -0.39 is 0 Å². The summed E-state index contributed by atoms with van der Waals surface area (Å²) in [5, 5.41) is 11.5. The Morgan fingerprint density at radius 3 is 2.50 bits per heavy atom. The summed E-state index contributed by atoms with van der Waals surface area (Å²) in [4.78, 5) is 12.1. The van der Waals surface area contributed by atoms with Crippen LogP contribution in [-0.4, -0.2) is 20.1 Å². The lowest BCUT2D eigenvalue weighted by molar-refractivity contribution is -0.116. The lowest BCUT2D eigenvalue weighted by Crippen LogP contribution is -2.12. The van der Waals surface area contributed by atoms with Gasteiger partial charge in [0.2, 0.25) is 5.91 Å². The summed E-state index contributed by atoms with van der Waals surface area (Å²) in [6, 6.07) is 15.0. The molecular weight excluding hydrogens is 304 g/mol. The zero-order valence-corrected chi connectivity index (χ0v) is 13.8. The number of ether oxygens (including phenoxy) is 2. The van der Waals surface area contributed by atoms with Gasteiger partial charge in [-0.1, -0.05) is 24.3 Å². The molecule has 0 aliphatic heterocycles. The molecular formula is C19H20N2O3. The van der Waals surface area contributed by atoms with Gasteiger partial charge in [0, 0.05) is 12.1 Å². The summed E-state index contributed by atoms with van der Waals surface area (Å²) in [5.74, 6) is 1.24. The van der Waals surface area contributed by atoms with Gasteiger partial charge in [0.05, 0.1) is 26.7 Å². The third-order valence-electron chi connectivity index (χ3n) is 3.63. The maximum absolute atomic E-state index is 12.1. The molecule has 0 radical (unpaired) electrons. The number of aryl methyl sites for hydroxylation is 1. The van der Waals surface area contributed by atoms with Crippen molar-refractivity contribution in [2.75, 3.05) is 19.5 Å². The summed E-state index contributed by atoms with van der Waals surface area (Å²) in [5.41, 5.74) is 2.58. The Bertz CT molecular complexity index is 733. The monoisotopic (exact) mass is 324 g/mol. The van der Waals surface area contributed by atoms with Gasteiger partial charge in [0.1, 0.15) is 0 Å². The molecule has 0 unspecified atom stereocenters. The minimum Gasteiger partial charge on any atom is -0.493 e. The predicted molar refractivity (Wildman–Crippen MR) is 92.3 cm³/mol. The molecule has 1 amide bonds. The van der Waals surface area contributed by atoms with Crippen LogP contribution in [0.1, 0.15) is 17.5 Å². The zero-order chi connectivity index (χ0) is 17.4. The number of amides is 1. The number of benzene rings is 2. The number of hydrogen-bond donors (Lipinski definition) is 1. The molecule has 0 fully saturated rings. The van der Waals surface area contributed by atoms with Crippen molar-refractivity contribution in [2.24, 2.45) is 0 Å².